The van der Waals surface area contributed by atoms with Gasteiger partial charge in [-0.15, -0.1) is 0 Å². The van der Waals surface area contributed by atoms with Gasteiger partial charge in [0.25, 0.3) is 11.4 Å². The number of nitrogens with two attached hydrogens (primary N) is 1. The summed E-state index contributed by atoms with van der Waals surface area (Å²) in [6.07, 6.45) is -4.30. The van der Waals surface area contributed by atoms with Gasteiger partial charge in [0, 0.05) is 20.8 Å². The van der Waals surface area contributed by atoms with Crippen LogP contribution in [0.4, 0.5) is 22.9 Å². The van der Waals surface area contributed by atoms with E-state index in [1.807, 2.05) is 0 Å². The van der Waals surface area contributed by atoms with Crippen LogP contribution in [0.5, 0.6) is 5.75 Å². The molecule has 24 nitrogen and oxygen atoms in total. The van der Waals surface area contributed by atoms with Crippen molar-refractivity contribution < 1.29 is 62.7 Å². The molecule has 4 rings (SSSR count). The first-order chi connectivity index (χ1) is 22.5. The number of phenolic OH excluding ortho intramolecular Hbond substituents is 1. The van der Waals surface area contributed by atoms with E-state index in [4.69, 9.17) is 34.5 Å². The molecule has 3 aromatic rings. The van der Waals surface area contributed by atoms with E-state index in [0.29, 0.717) is 12.1 Å². The normalized spacial score (nSPS) is 18.8. The number of anilines is 1. The highest BCUT2D eigenvalue weighted by atomic mass is 16.7. The maximum Gasteiger partial charge on any atom is 0.350 e. The lowest BCUT2D eigenvalue weighted by atomic mass is 10.0. The molecule has 1 fully saturated rings. The number of ether oxygens (including phenoxy) is 5. The number of benzene rings is 1. The van der Waals surface area contributed by atoms with Crippen molar-refractivity contribution in [2.45, 2.75) is 51.4 Å². The summed E-state index contributed by atoms with van der Waals surface area (Å²) < 4.78 is 27.8. The van der Waals surface area contributed by atoms with Gasteiger partial charge in [-0.3, -0.25) is 49.3 Å². The summed E-state index contributed by atoms with van der Waals surface area (Å²) in [5.74, 6) is -4.37. The molecule has 0 amide bonds. The van der Waals surface area contributed by atoms with Crippen molar-refractivity contribution >= 4 is 57.9 Å². The van der Waals surface area contributed by atoms with Gasteiger partial charge in [0.15, 0.2) is 29.9 Å². The molecule has 5 unspecified atom stereocenters. The van der Waals surface area contributed by atoms with Crippen molar-refractivity contribution in [2.24, 2.45) is 0 Å². The highest BCUT2D eigenvalue weighted by Crippen LogP contribution is 2.40. The van der Waals surface area contributed by atoms with Crippen molar-refractivity contribution in [1.29, 1.82) is 0 Å². The van der Waals surface area contributed by atoms with Crippen LogP contribution < -0.4 is 5.73 Å². The molecule has 256 valence electrons. The summed E-state index contributed by atoms with van der Waals surface area (Å²) in [7, 11) is 1.08. The summed E-state index contributed by atoms with van der Waals surface area (Å²) in [5.41, 5.74) is 3.29. The minimum absolute atomic E-state index is 0.0937. The van der Waals surface area contributed by atoms with E-state index in [1.165, 1.54) is 17.2 Å². The second-order valence-electron chi connectivity index (χ2n) is 9.38. The largest absolute Gasteiger partial charge is 0.497 e. The van der Waals surface area contributed by atoms with Crippen LogP contribution in [0.15, 0.2) is 24.8 Å². The molecule has 1 saturated heterocycles. The van der Waals surface area contributed by atoms with Gasteiger partial charge in [-0.25, -0.2) is 19.7 Å². The maximum absolute atomic E-state index is 12.4. The van der Waals surface area contributed by atoms with E-state index in [0.717, 1.165) is 27.9 Å². The third-order valence-corrected chi connectivity index (χ3v) is 6.17. The molecule has 0 saturated carbocycles. The Balaban J connectivity index is 0.000000328. The molecule has 3 heterocycles. The smallest absolute Gasteiger partial charge is 0.350 e. The van der Waals surface area contributed by atoms with Crippen LogP contribution in [0, 0.1) is 30.3 Å². The highest BCUT2D eigenvalue weighted by molar-refractivity contribution is 5.81. The van der Waals surface area contributed by atoms with E-state index in [1.54, 1.807) is 0 Å². The van der Waals surface area contributed by atoms with Gasteiger partial charge in [0.2, 0.25) is 6.10 Å². The molecule has 1 aromatic carbocycles. The van der Waals surface area contributed by atoms with Crippen molar-refractivity contribution in [2.75, 3.05) is 12.8 Å². The quantitative estimate of drug-likeness (QED) is 0.133. The number of nitro groups is 3. The van der Waals surface area contributed by atoms with Gasteiger partial charge in [-0.05, 0) is 0 Å². The SMILES string of the molecule is COC(=O)C(OC(C)=O)C1OC(n2cnc3c(N)ncnc32)C(OC(C)=O)C1OC(C)=O.O=[N+]([O-])c1cc([N+](=O)[O-])c(O)c([N+](=O)[O-])c1. The molecule has 1 aliphatic heterocycles. The summed E-state index contributed by atoms with van der Waals surface area (Å²) in [4.78, 5) is 87.5. The summed E-state index contributed by atoms with van der Waals surface area (Å²) in [6, 6.07) is 0.894. The van der Waals surface area contributed by atoms with Gasteiger partial charge < -0.3 is 34.5 Å². The lowest BCUT2D eigenvalue weighted by Gasteiger charge is -2.26. The fourth-order valence-corrected chi connectivity index (χ4v) is 4.35. The molecule has 3 N–H and O–H groups in total. The van der Waals surface area contributed by atoms with Gasteiger partial charge in [-0.2, -0.15) is 0 Å². The molecule has 48 heavy (non-hydrogen) atoms. The second-order valence-corrected chi connectivity index (χ2v) is 9.38. The summed E-state index contributed by atoms with van der Waals surface area (Å²) >= 11 is 0. The van der Waals surface area contributed by atoms with Gasteiger partial charge >= 0.3 is 35.3 Å². The number of imidazole rings is 1. The number of aromatic nitrogens is 4. The van der Waals surface area contributed by atoms with Crippen LogP contribution in [-0.4, -0.2) is 94.8 Å². The number of carbonyl (C=O) groups is 4. The number of nitrogens with zero attached hydrogens (tertiary/aromatic N) is 7. The Labute approximate surface area is 265 Å². The predicted octanol–water partition coefficient (Wildman–Crippen LogP) is 0.391. The van der Waals surface area contributed by atoms with Crippen molar-refractivity contribution in [1.82, 2.24) is 19.5 Å². The zero-order valence-electron chi connectivity index (χ0n) is 25.0. The van der Waals surface area contributed by atoms with E-state index < -0.39 is 92.1 Å². The number of nitro benzene ring substituents is 3. The Kier molecular flexibility index (Phi) is 11.0. The van der Waals surface area contributed by atoms with Crippen LogP contribution in [0.1, 0.15) is 27.0 Å². The van der Waals surface area contributed by atoms with Crippen LogP contribution in [0.3, 0.4) is 0 Å². The van der Waals surface area contributed by atoms with Crippen molar-refractivity contribution in [3.8, 4) is 5.75 Å². The number of non-ortho nitro benzene ring substituents is 1. The minimum atomic E-state index is -1.63. The van der Waals surface area contributed by atoms with Crippen LogP contribution >= 0.6 is 0 Å². The molecule has 5 atom stereocenters. The van der Waals surface area contributed by atoms with Crippen molar-refractivity contribution in [3.63, 3.8) is 0 Å². The lowest BCUT2D eigenvalue weighted by molar-refractivity contribution is -0.404. The van der Waals surface area contributed by atoms with Crippen molar-refractivity contribution in [3.05, 3.63) is 55.1 Å². The Morgan fingerprint density at radius 1 is 0.917 bits per heavy atom. The number of phenols is 1. The molecule has 2 aromatic heterocycles. The Morgan fingerprint density at radius 2 is 1.48 bits per heavy atom. The van der Waals surface area contributed by atoms with E-state index in [-0.39, 0.29) is 17.0 Å². The van der Waals surface area contributed by atoms with Crippen LogP contribution in [0.25, 0.3) is 11.2 Å². The maximum atomic E-state index is 12.4. The number of methoxy groups -OCH3 is 1. The average molecular weight is 680 g/mol. The molecular weight excluding hydrogens is 656 g/mol. The third kappa shape index (κ3) is 7.79. The Morgan fingerprint density at radius 3 is 1.96 bits per heavy atom. The lowest BCUT2D eigenvalue weighted by Crippen LogP contribution is -2.48. The first-order valence-corrected chi connectivity index (χ1v) is 13.0. The summed E-state index contributed by atoms with van der Waals surface area (Å²) in [5, 5.41) is 40.2. The first kappa shape index (κ1) is 35.9. The number of hydrogen-bond acceptors (Lipinski definition) is 20. The third-order valence-electron chi connectivity index (χ3n) is 6.17. The highest BCUT2D eigenvalue weighted by Gasteiger charge is 2.56. The van der Waals surface area contributed by atoms with E-state index >= 15 is 0 Å². The van der Waals surface area contributed by atoms with Crippen LogP contribution in [0.2, 0.25) is 0 Å². The Hall–Kier alpha value is -6.59. The first-order valence-electron chi connectivity index (χ1n) is 13.0. The molecular formula is C24H24N8O16. The predicted molar refractivity (Wildman–Crippen MR) is 150 cm³/mol. The molecule has 24 heteroatoms. The van der Waals surface area contributed by atoms with Gasteiger partial charge in [0.05, 0.1) is 40.3 Å². The molecule has 0 radical (unpaired) electrons. The second kappa shape index (κ2) is 14.7. The zero-order chi connectivity index (χ0) is 36.0. The number of fused-ring (bicyclic) bond motifs is 1. The van der Waals surface area contributed by atoms with Crippen LogP contribution in [-0.2, 0) is 42.9 Å². The number of esters is 4. The van der Waals surface area contributed by atoms with Gasteiger partial charge in [-0.1, -0.05) is 0 Å². The summed E-state index contributed by atoms with van der Waals surface area (Å²) in [6.45, 7) is 3.34. The molecule has 0 bridgehead atoms. The topological polar surface area (TPSA) is 334 Å². The molecule has 1 aliphatic rings. The number of carbonyl (C=O) groups excluding carboxylic acids is 4. The number of hydrogen-bond donors (Lipinski definition) is 2. The van der Waals surface area contributed by atoms with E-state index in [2.05, 4.69) is 15.0 Å². The molecule has 0 aliphatic carbocycles. The number of aromatic hydroxyl groups is 1. The monoisotopic (exact) mass is 680 g/mol. The van der Waals surface area contributed by atoms with Gasteiger partial charge in [0.1, 0.15) is 17.9 Å². The minimum Gasteiger partial charge on any atom is -0.497 e. The molecule has 0 spiro atoms. The number of rotatable bonds is 9. The average Bonchev–Trinajstić information content (AvgIpc) is 3.57. The standard InChI is InChI=1S/C18H21N5O9.C6H3N3O7/c1-7(24)29-11-12(14(18(27)28-4)31-9(3)26)32-17(13(11)30-8(2)25)23-6-22-10-15(19)20-5-21-16(10)23;10-6-4(8(13)14)1-3(7(11)12)2-5(6)9(15)16/h5-6,11-14,17H,1-4H3,(H2,19,20,21);1-2,10H. The van der Waals surface area contributed by atoms with E-state index in [9.17, 15) is 49.5 Å². The fraction of sp³-hybridized carbons (Fsp3) is 0.375. The Bertz CT molecular complexity index is 1760. The number of nitrogen functional groups attached to an aromatic ring is 1. The zero-order valence-corrected chi connectivity index (χ0v) is 25.0. The fourth-order valence-electron chi connectivity index (χ4n) is 4.35.